The average molecular weight is 386 g/mol. The monoisotopic (exact) mass is 387 g/mol. The number of nitrogens with zero attached hydrogens (tertiary/aromatic N) is 2. The summed E-state index contributed by atoms with van der Waals surface area (Å²) in [6.07, 6.45) is 0. The number of rotatable bonds is 2. The van der Waals surface area contributed by atoms with Crippen LogP contribution in [0.5, 0.6) is 0 Å². The topological polar surface area (TPSA) is 6.25 Å². The molecule has 3 rings (SSSR count). The van der Waals surface area contributed by atoms with Crippen molar-refractivity contribution in [2.45, 2.75) is 41.5 Å². The minimum absolute atomic E-state index is 1.03. The zero-order chi connectivity index (χ0) is 17.6. The molecule has 126 valence electrons. The van der Waals surface area contributed by atoms with Crippen molar-refractivity contribution in [3.63, 3.8) is 0 Å². The van der Waals surface area contributed by atoms with E-state index in [1.165, 1.54) is 49.5 Å². The van der Waals surface area contributed by atoms with E-state index < -0.39 is 0 Å². The maximum absolute atomic E-state index is 2.80. The van der Waals surface area contributed by atoms with Crippen LogP contribution in [0.2, 0.25) is 0 Å². The Balaban J connectivity index is 2.12. The molecule has 0 amide bonds. The molecule has 2 aromatic rings. The molecule has 0 bridgehead atoms. The van der Waals surface area contributed by atoms with Gasteiger partial charge in [-0.2, -0.15) is 0 Å². The van der Waals surface area contributed by atoms with E-state index in [9.17, 15) is 0 Å². The Labute approximate surface area is 154 Å². The predicted molar refractivity (Wildman–Crippen MR) is 106 cm³/mol. The molecule has 2 aromatic carbocycles. The quantitative estimate of drug-likeness (QED) is 0.559. The van der Waals surface area contributed by atoms with Crippen LogP contribution in [0.4, 0.5) is 11.4 Å². The SMILES string of the molecule is Cc1cc(C)c(N2CC[N+](c3c(C)cc(C)cc3C)=C2[SeH])c(C)c1. The molecule has 0 radical (unpaired) electrons. The first kappa shape index (κ1) is 17.3. The molecule has 1 heterocycles. The van der Waals surface area contributed by atoms with E-state index in [1.807, 2.05) is 0 Å². The van der Waals surface area contributed by atoms with Crippen molar-refractivity contribution >= 4 is 32.1 Å². The maximum atomic E-state index is 2.80. The Hall–Kier alpha value is -1.57. The van der Waals surface area contributed by atoms with Gasteiger partial charge in [-0.1, -0.05) is 0 Å². The summed E-state index contributed by atoms with van der Waals surface area (Å²) in [7, 11) is 0. The normalized spacial score (nSPS) is 14.7. The molecule has 1 aliphatic rings. The van der Waals surface area contributed by atoms with Gasteiger partial charge in [-0.05, 0) is 0 Å². The van der Waals surface area contributed by atoms with Crippen LogP contribution in [0, 0.1) is 41.5 Å². The second-order valence-corrected chi connectivity index (χ2v) is 7.94. The Morgan fingerprint density at radius 1 is 0.792 bits per heavy atom. The number of anilines is 1. The first-order valence-electron chi connectivity index (χ1n) is 8.56. The van der Waals surface area contributed by atoms with E-state index in [0.717, 1.165) is 13.1 Å². The van der Waals surface area contributed by atoms with Gasteiger partial charge in [0.1, 0.15) is 0 Å². The molecule has 0 saturated carbocycles. The van der Waals surface area contributed by atoms with Gasteiger partial charge >= 0.3 is 154 Å². The van der Waals surface area contributed by atoms with E-state index in [1.54, 1.807) is 0 Å². The Morgan fingerprint density at radius 3 is 1.75 bits per heavy atom. The third-order valence-corrected chi connectivity index (χ3v) is 5.85. The average Bonchev–Trinajstić information content (AvgIpc) is 2.79. The Bertz CT molecular complexity index is 803. The van der Waals surface area contributed by atoms with E-state index in [2.05, 4.69) is 91.3 Å². The van der Waals surface area contributed by atoms with Crippen LogP contribution in [0.3, 0.4) is 0 Å². The van der Waals surface area contributed by atoms with Crippen molar-refractivity contribution < 1.29 is 4.58 Å². The molecule has 0 spiro atoms. The summed E-state index contributed by atoms with van der Waals surface area (Å²) in [6, 6.07) is 9.14. The first-order valence-corrected chi connectivity index (χ1v) is 9.50. The fraction of sp³-hybridized carbons (Fsp3) is 0.381. The van der Waals surface area contributed by atoms with Crippen molar-refractivity contribution in [3.8, 4) is 0 Å². The van der Waals surface area contributed by atoms with Crippen LogP contribution in [-0.4, -0.2) is 38.4 Å². The standard InChI is InChI=1S/C21H26N2Se/c1-13-9-15(3)19(16(4)10-13)22-7-8-23(21(22)24)20-17(5)11-14(2)12-18(20)6/h9-12H,7-8H2,1-6H3/p+1. The minimum atomic E-state index is 1.03. The van der Waals surface area contributed by atoms with E-state index in [4.69, 9.17) is 0 Å². The van der Waals surface area contributed by atoms with Crippen LogP contribution in [-0.2, 0) is 0 Å². The van der Waals surface area contributed by atoms with Gasteiger partial charge in [0.25, 0.3) is 0 Å². The molecule has 0 aliphatic carbocycles. The first-order chi connectivity index (χ1) is 11.3. The van der Waals surface area contributed by atoms with E-state index in [-0.39, 0.29) is 0 Å². The summed E-state index contributed by atoms with van der Waals surface area (Å²) in [4.78, 5) is 2.46. The summed E-state index contributed by atoms with van der Waals surface area (Å²) in [5.41, 5.74) is 10.8. The Kier molecular flexibility index (Phi) is 4.59. The molecule has 0 saturated heterocycles. The second kappa shape index (κ2) is 6.38. The molecular weight excluding hydrogens is 359 g/mol. The second-order valence-electron chi connectivity index (χ2n) is 7.10. The van der Waals surface area contributed by atoms with Crippen molar-refractivity contribution in [2.75, 3.05) is 18.0 Å². The van der Waals surface area contributed by atoms with Gasteiger partial charge in [-0.3, -0.25) is 0 Å². The van der Waals surface area contributed by atoms with Crippen LogP contribution in [0.15, 0.2) is 24.3 Å². The van der Waals surface area contributed by atoms with Gasteiger partial charge in [-0.15, -0.1) is 0 Å². The van der Waals surface area contributed by atoms with E-state index >= 15 is 0 Å². The molecule has 0 aromatic heterocycles. The molecule has 2 nitrogen and oxygen atoms in total. The molecule has 3 heteroatoms. The van der Waals surface area contributed by atoms with E-state index in [0.29, 0.717) is 0 Å². The summed E-state index contributed by atoms with van der Waals surface area (Å²) in [5, 5.41) is 0. The Morgan fingerprint density at radius 2 is 1.25 bits per heavy atom. The third kappa shape index (κ3) is 2.92. The van der Waals surface area contributed by atoms with Gasteiger partial charge in [0.15, 0.2) is 0 Å². The van der Waals surface area contributed by atoms with Crippen molar-refractivity contribution in [1.29, 1.82) is 0 Å². The zero-order valence-electron chi connectivity index (χ0n) is 15.6. The zero-order valence-corrected chi connectivity index (χ0v) is 17.4. The fourth-order valence-corrected chi connectivity index (χ4v) is 5.00. The predicted octanol–water partition coefficient (Wildman–Crippen LogP) is 3.96. The van der Waals surface area contributed by atoms with Crippen molar-refractivity contribution in [2.24, 2.45) is 0 Å². The van der Waals surface area contributed by atoms with Gasteiger partial charge < -0.3 is 0 Å². The van der Waals surface area contributed by atoms with Crippen molar-refractivity contribution in [1.82, 2.24) is 0 Å². The van der Waals surface area contributed by atoms with Crippen LogP contribution < -0.4 is 4.90 Å². The fourth-order valence-electron chi connectivity index (χ4n) is 4.17. The third-order valence-electron chi connectivity index (χ3n) is 4.84. The number of benzene rings is 2. The molecular formula is C21H27N2Se+. The van der Waals surface area contributed by atoms with Crippen LogP contribution >= 0.6 is 0 Å². The van der Waals surface area contributed by atoms with Crippen molar-refractivity contribution in [3.05, 3.63) is 57.6 Å². The number of aryl methyl sites for hydroxylation is 6. The van der Waals surface area contributed by atoms with Gasteiger partial charge in [-0.25, -0.2) is 0 Å². The van der Waals surface area contributed by atoms with Gasteiger partial charge in [0.2, 0.25) is 0 Å². The molecule has 0 unspecified atom stereocenters. The van der Waals surface area contributed by atoms with Gasteiger partial charge in [0.05, 0.1) is 0 Å². The summed E-state index contributed by atoms with van der Waals surface area (Å²) >= 11 is 2.80. The summed E-state index contributed by atoms with van der Waals surface area (Å²) in [5.74, 6) is 0. The summed E-state index contributed by atoms with van der Waals surface area (Å²) in [6.45, 7) is 15.3. The van der Waals surface area contributed by atoms with Crippen LogP contribution in [0.1, 0.15) is 33.4 Å². The number of hydrogen-bond acceptors (Lipinski definition) is 1. The van der Waals surface area contributed by atoms with Crippen LogP contribution in [0.25, 0.3) is 0 Å². The van der Waals surface area contributed by atoms with Gasteiger partial charge in [0, 0.05) is 0 Å². The summed E-state index contributed by atoms with van der Waals surface area (Å²) < 4.78 is 3.73. The molecule has 0 N–H and O–H groups in total. The molecule has 0 fully saturated rings. The molecule has 24 heavy (non-hydrogen) atoms. The number of amidine groups is 1. The number of hydrogen-bond donors (Lipinski definition) is 0. The molecule has 1 aliphatic heterocycles. The molecule has 0 atom stereocenters.